The molecular formula is C22H23FN4O3S2. The number of thiophene rings is 1. The van der Waals surface area contributed by atoms with Crippen LogP contribution in [0.25, 0.3) is 10.6 Å². The summed E-state index contributed by atoms with van der Waals surface area (Å²) in [6.45, 7) is 2.37. The molecule has 5 rings (SSSR count). The van der Waals surface area contributed by atoms with Gasteiger partial charge in [-0.2, -0.15) is 5.10 Å². The number of aromatic nitrogens is 2. The minimum absolute atomic E-state index is 0.0526. The Labute approximate surface area is 190 Å². The highest BCUT2D eigenvalue weighted by molar-refractivity contribution is 7.91. The Hall–Kier alpha value is -2.72. The smallest absolute Gasteiger partial charge is 0.274 e. The lowest BCUT2D eigenvalue weighted by atomic mass is 10.2. The van der Waals surface area contributed by atoms with Crippen LogP contribution in [0.2, 0.25) is 0 Å². The molecule has 32 heavy (non-hydrogen) atoms. The van der Waals surface area contributed by atoms with Crippen molar-refractivity contribution >= 4 is 32.8 Å². The van der Waals surface area contributed by atoms with Gasteiger partial charge in [-0.3, -0.25) is 9.48 Å². The van der Waals surface area contributed by atoms with E-state index in [4.69, 9.17) is 0 Å². The van der Waals surface area contributed by atoms with Gasteiger partial charge in [0, 0.05) is 31.9 Å². The molecule has 2 saturated heterocycles. The van der Waals surface area contributed by atoms with E-state index in [-0.39, 0.29) is 29.3 Å². The van der Waals surface area contributed by atoms with Crippen molar-refractivity contribution in [1.29, 1.82) is 0 Å². The van der Waals surface area contributed by atoms with Crippen molar-refractivity contribution in [3.05, 3.63) is 59.4 Å². The molecular weight excluding hydrogens is 451 g/mol. The third-order valence-corrected chi connectivity index (χ3v) is 8.68. The Morgan fingerprint density at radius 2 is 1.84 bits per heavy atom. The van der Waals surface area contributed by atoms with Gasteiger partial charge in [-0.1, -0.05) is 6.07 Å². The van der Waals surface area contributed by atoms with Gasteiger partial charge in [0.2, 0.25) is 0 Å². The number of anilines is 1. The highest BCUT2D eigenvalue weighted by Gasteiger charge is 2.33. The molecule has 168 valence electrons. The topological polar surface area (TPSA) is 75.5 Å². The summed E-state index contributed by atoms with van der Waals surface area (Å²) >= 11 is 1.54. The number of hydrogen-bond donors (Lipinski definition) is 0. The van der Waals surface area contributed by atoms with Crippen LogP contribution in [0.15, 0.2) is 47.8 Å². The van der Waals surface area contributed by atoms with E-state index < -0.39 is 9.84 Å². The third kappa shape index (κ3) is 4.16. The number of sulfone groups is 1. The lowest BCUT2D eigenvalue weighted by Gasteiger charge is -2.35. The zero-order valence-electron chi connectivity index (χ0n) is 17.4. The van der Waals surface area contributed by atoms with E-state index in [1.54, 1.807) is 27.8 Å². The molecule has 0 radical (unpaired) electrons. The Morgan fingerprint density at radius 1 is 1.09 bits per heavy atom. The summed E-state index contributed by atoms with van der Waals surface area (Å²) in [5.74, 6) is -0.219. The van der Waals surface area contributed by atoms with E-state index >= 15 is 0 Å². The Kier molecular flexibility index (Phi) is 5.50. The molecule has 7 nitrogen and oxygen atoms in total. The first-order valence-corrected chi connectivity index (χ1v) is 13.2. The average Bonchev–Trinajstić information content (AvgIpc) is 3.53. The quantitative estimate of drug-likeness (QED) is 0.581. The fourth-order valence-electron chi connectivity index (χ4n) is 4.34. The fraction of sp³-hybridized carbons (Fsp3) is 0.364. The SMILES string of the molecule is O=C(c1cc(-c2cccs2)n([C@H]2CCS(=O)(=O)C2)n1)N1CCN(c2ccc(F)cc2)CC1. The van der Waals surface area contributed by atoms with Gasteiger partial charge in [0.1, 0.15) is 5.82 Å². The molecule has 1 atom stereocenters. The van der Waals surface area contributed by atoms with Gasteiger partial charge in [0.15, 0.2) is 15.5 Å². The zero-order valence-corrected chi connectivity index (χ0v) is 19.0. The summed E-state index contributed by atoms with van der Waals surface area (Å²) in [5.41, 5.74) is 2.06. The van der Waals surface area contributed by atoms with E-state index in [1.165, 1.54) is 23.5 Å². The van der Waals surface area contributed by atoms with Gasteiger partial charge >= 0.3 is 0 Å². The van der Waals surface area contributed by atoms with E-state index in [1.807, 2.05) is 17.5 Å². The number of nitrogens with zero attached hydrogens (tertiary/aromatic N) is 4. The number of rotatable bonds is 4. The van der Waals surface area contributed by atoms with Gasteiger partial charge in [-0.15, -0.1) is 11.3 Å². The van der Waals surface area contributed by atoms with Crippen LogP contribution in [-0.4, -0.2) is 66.7 Å². The minimum atomic E-state index is -3.08. The Morgan fingerprint density at radius 3 is 2.47 bits per heavy atom. The summed E-state index contributed by atoms with van der Waals surface area (Å²) in [6, 6.07) is 11.8. The highest BCUT2D eigenvalue weighted by Crippen LogP contribution is 2.32. The van der Waals surface area contributed by atoms with Crippen LogP contribution in [0, 0.1) is 5.82 Å². The lowest BCUT2D eigenvalue weighted by Crippen LogP contribution is -2.48. The van der Waals surface area contributed by atoms with Crippen LogP contribution in [-0.2, 0) is 9.84 Å². The van der Waals surface area contributed by atoms with Crippen molar-refractivity contribution in [2.45, 2.75) is 12.5 Å². The summed E-state index contributed by atoms with van der Waals surface area (Å²) in [7, 11) is -3.08. The molecule has 0 unspecified atom stereocenters. The van der Waals surface area contributed by atoms with Crippen LogP contribution in [0.1, 0.15) is 23.0 Å². The number of carbonyl (C=O) groups is 1. The van der Waals surface area contributed by atoms with Crippen molar-refractivity contribution < 1.29 is 17.6 Å². The monoisotopic (exact) mass is 474 g/mol. The second-order valence-corrected chi connectivity index (χ2v) is 11.3. The summed E-state index contributed by atoms with van der Waals surface area (Å²) in [4.78, 5) is 18.1. The largest absolute Gasteiger partial charge is 0.368 e. The predicted octanol–water partition coefficient (Wildman–Crippen LogP) is 3.07. The first-order chi connectivity index (χ1) is 15.4. The fourth-order valence-corrected chi connectivity index (χ4v) is 6.76. The molecule has 2 fully saturated rings. The normalized spacial score (nSPS) is 20.6. The van der Waals surface area contributed by atoms with Crippen molar-refractivity contribution in [3.8, 4) is 10.6 Å². The standard InChI is InChI=1S/C22H23FN4O3S2/c23-16-3-5-17(6-4-16)25-8-10-26(11-9-25)22(28)19-14-20(21-2-1-12-31-21)27(24-19)18-7-13-32(29,30)15-18/h1-6,12,14,18H,7-11,13,15H2/t18-/m0/s1. The van der Waals surface area contributed by atoms with Crippen LogP contribution < -0.4 is 4.90 Å². The predicted molar refractivity (Wildman–Crippen MR) is 122 cm³/mol. The Balaban J connectivity index is 1.35. The number of benzene rings is 1. The Bertz CT molecular complexity index is 1210. The molecule has 2 aliphatic heterocycles. The lowest BCUT2D eigenvalue weighted by molar-refractivity contribution is 0.0739. The first-order valence-electron chi connectivity index (χ1n) is 10.5. The van der Waals surface area contributed by atoms with Crippen molar-refractivity contribution in [3.63, 3.8) is 0 Å². The number of piperazine rings is 1. The number of carbonyl (C=O) groups excluding carboxylic acids is 1. The van der Waals surface area contributed by atoms with E-state index in [0.29, 0.717) is 38.3 Å². The molecule has 0 saturated carbocycles. The molecule has 1 aromatic carbocycles. The molecule has 1 amide bonds. The maximum absolute atomic E-state index is 13.2. The van der Waals surface area contributed by atoms with Gasteiger partial charge in [0.25, 0.3) is 5.91 Å². The van der Waals surface area contributed by atoms with Gasteiger partial charge < -0.3 is 9.80 Å². The molecule has 0 spiro atoms. The summed E-state index contributed by atoms with van der Waals surface area (Å²) < 4.78 is 39.0. The molecule has 4 heterocycles. The number of amides is 1. The molecule has 0 bridgehead atoms. The zero-order chi connectivity index (χ0) is 22.3. The van der Waals surface area contributed by atoms with E-state index in [9.17, 15) is 17.6 Å². The third-order valence-electron chi connectivity index (χ3n) is 6.04. The first kappa shape index (κ1) is 21.1. The number of hydrogen-bond acceptors (Lipinski definition) is 6. The van der Waals surface area contributed by atoms with E-state index in [0.717, 1.165) is 16.3 Å². The van der Waals surface area contributed by atoms with Gasteiger partial charge in [-0.25, -0.2) is 12.8 Å². The van der Waals surface area contributed by atoms with Gasteiger partial charge in [0.05, 0.1) is 28.1 Å². The molecule has 2 aliphatic rings. The van der Waals surface area contributed by atoms with Crippen molar-refractivity contribution in [1.82, 2.24) is 14.7 Å². The van der Waals surface area contributed by atoms with Crippen LogP contribution >= 0.6 is 11.3 Å². The second-order valence-electron chi connectivity index (χ2n) is 8.15. The summed E-state index contributed by atoms with van der Waals surface area (Å²) in [5, 5.41) is 6.54. The molecule has 2 aromatic heterocycles. The van der Waals surface area contributed by atoms with Crippen LogP contribution in [0.5, 0.6) is 0 Å². The molecule has 0 aliphatic carbocycles. The molecule has 3 aromatic rings. The minimum Gasteiger partial charge on any atom is -0.368 e. The van der Waals surface area contributed by atoms with Gasteiger partial charge in [-0.05, 0) is 48.2 Å². The highest BCUT2D eigenvalue weighted by atomic mass is 32.2. The maximum atomic E-state index is 13.2. The van der Waals surface area contributed by atoms with Crippen LogP contribution in [0.3, 0.4) is 0 Å². The van der Waals surface area contributed by atoms with E-state index in [2.05, 4.69) is 10.00 Å². The molecule has 0 N–H and O–H groups in total. The average molecular weight is 475 g/mol. The van der Waals surface area contributed by atoms with Crippen molar-refractivity contribution in [2.24, 2.45) is 0 Å². The maximum Gasteiger partial charge on any atom is 0.274 e. The molecule has 10 heteroatoms. The number of halogens is 1. The second kappa shape index (κ2) is 8.32. The summed E-state index contributed by atoms with van der Waals surface area (Å²) in [6.07, 6.45) is 0.506. The van der Waals surface area contributed by atoms with Crippen LogP contribution in [0.4, 0.5) is 10.1 Å². The van der Waals surface area contributed by atoms with Crippen molar-refractivity contribution in [2.75, 3.05) is 42.6 Å².